The summed E-state index contributed by atoms with van der Waals surface area (Å²) in [5.41, 5.74) is 5.36. The van der Waals surface area contributed by atoms with Crippen molar-refractivity contribution in [1.82, 2.24) is 0 Å². The van der Waals surface area contributed by atoms with Gasteiger partial charge >= 0.3 is 13.8 Å². The maximum absolute atomic E-state index is 12.5. The lowest BCUT2D eigenvalue weighted by Crippen LogP contribution is -2.28. The molecule has 0 aromatic heterocycles. The number of ether oxygens (including phenoxy) is 2. The highest BCUT2D eigenvalue weighted by atomic mass is 31.2. The maximum Gasteiger partial charge on any atom is 0.472 e. The number of phosphoric ester groups is 1. The van der Waals surface area contributed by atoms with E-state index in [1.165, 1.54) is 12.8 Å². The number of hydrogen-bond acceptors (Lipinski definition) is 7. The molecule has 0 fully saturated rings. The van der Waals surface area contributed by atoms with Gasteiger partial charge < -0.3 is 20.1 Å². The summed E-state index contributed by atoms with van der Waals surface area (Å²) in [6.07, 6.45) is 50.2. The number of carbonyl (C=O) groups is 1. The Balaban J connectivity index is 4.16. The van der Waals surface area contributed by atoms with Crippen LogP contribution in [-0.2, 0) is 27.9 Å². The Morgan fingerprint density at radius 2 is 1.02 bits per heavy atom. The zero-order chi connectivity index (χ0) is 38.1. The van der Waals surface area contributed by atoms with E-state index in [9.17, 15) is 14.3 Å². The van der Waals surface area contributed by atoms with Crippen molar-refractivity contribution in [1.29, 1.82) is 0 Å². The van der Waals surface area contributed by atoms with Crippen LogP contribution in [0.25, 0.3) is 0 Å². The fraction of sp³-hybridized carbons (Fsp3) is 0.651. The van der Waals surface area contributed by atoms with Gasteiger partial charge in [0.1, 0.15) is 6.10 Å². The summed E-state index contributed by atoms with van der Waals surface area (Å²) < 4.78 is 33.3. The molecule has 3 N–H and O–H groups in total. The van der Waals surface area contributed by atoms with Crippen LogP contribution in [0, 0.1) is 0 Å². The van der Waals surface area contributed by atoms with E-state index >= 15 is 0 Å². The Morgan fingerprint density at radius 1 is 0.577 bits per heavy atom. The molecule has 52 heavy (non-hydrogen) atoms. The highest BCUT2D eigenvalue weighted by molar-refractivity contribution is 7.47. The number of nitrogens with two attached hydrogens (primary N) is 1. The molecule has 2 unspecified atom stereocenters. The first-order chi connectivity index (χ1) is 25.4. The molecule has 298 valence electrons. The molecular weight excluding hydrogens is 673 g/mol. The van der Waals surface area contributed by atoms with Crippen LogP contribution < -0.4 is 5.73 Å². The van der Waals surface area contributed by atoms with Gasteiger partial charge in [-0.05, 0) is 83.5 Å². The fourth-order valence-electron chi connectivity index (χ4n) is 4.94. The van der Waals surface area contributed by atoms with Crippen LogP contribution in [-0.4, -0.2) is 49.9 Å². The SMILES string of the molecule is CC/C=C\C/C=C\C/C=C\C/C=C\CCCCCCCOCC(COP(=O)(O)OCCN)OC(=O)CCCCCCC/C=C\C/C=C\C/C=C\CC. The van der Waals surface area contributed by atoms with Crippen LogP contribution in [0.15, 0.2) is 85.1 Å². The van der Waals surface area contributed by atoms with Crippen LogP contribution in [0.2, 0.25) is 0 Å². The minimum atomic E-state index is -4.29. The van der Waals surface area contributed by atoms with Crippen molar-refractivity contribution in [3.05, 3.63) is 85.1 Å². The van der Waals surface area contributed by atoms with Gasteiger partial charge in [0, 0.05) is 19.6 Å². The fourth-order valence-corrected chi connectivity index (χ4v) is 5.71. The van der Waals surface area contributed by atoms with Crippen LogP contribution in [0.5, 0.6) is 0 Å². The molecule has 0 bridgehead atoms. The minimum Gasteiger partial charge on any atom is -0.457 e. The van der Waals surface area contributed by atoms with Crippen LogP contribution in [0.1, 0.15) is 142 Å². The molecule has 0 aliphatic heterocycles. The topological polar surface area (TPSA) is 117 Å². The van der Waals surface area contributed by atoms with Crippen molar-refractivity contribution < 1.29 is 32.8 Å². The second-order valence-corrected chi connectivity index (χ2v) is 14.2. The molecular formula is C43H74NO7P. The molecule has 9 heteroatoms. The molecule has 8 nitrogen and oxygen atoms in total. The normalized spacial score (nSPS) is 14.5. The highest BCUT2D eigenvalue weighted by Crippen LogP contribution is 2.43. The van der Waals surface area contributed by atoms with Gasteiger partial charge in [0.2, 0.25) is 0 Å². The van der Waals surface area contributed by atoms with Gasteiger partial charge in [-0.2, -0.15) is 0 Å². The molecule has 0 amide bonds. The lowest BCUT2D eigenvalue weighted by Gasteiger charge is -2.20. The Hall–Kier alpha value is -2.32. The van der Waals surface area contributed by atoms with Crippen molar-refractivity contribution in [3.8, 4) is 0 Å². The molecule has 0 rings (SSSR count). The first-order valence-electron chi connectivity index (χ1n) is 20.1. The van der Waals surface area contributed by atoms with Gasteiger partial charge in [0.05, 0.1) is 19.8 Å². The lowest BCUT2D eigenvalue weighted by atomic mass is 10.1. The van der Waals surface area contributed by atoms with E-state index in [2.05, 4.69) is 98.9 Å². The van der Waals surface area contributed by atoms with Gasteiger partial charge in [-0.15, -0.1) is 0 Å². The average molecular weight is 748 g/mol. The first-order valence-corrected chi connectivity index (χ1v) is 21.6. The number of rotatable bonds is 37. The van der Waals surface area contributed by atoms with Crippen molar-refractivity contribution in [2.24, 2.45) is 5.73 Å². The van der Waals surface area contributed by atoms with E-state index in [0.717, 1.165) is 109 Å². The Bertz CT molecular complexity index is 1060. The van der Waals surface area contributed by atoms with E-state index < -0.39 is 13.9 Å². The van der Waals surface area contributed by atoms with Crippen molar-refractivity contribution in [2.45, 2.75) is 148 Å². The zero-order valence-corrected chi connectivity index (χ0v) is 33.7. The third-order valence-electron chi connectivity index (χ3n) is 7.81. The molecule has 0 aliphatic rings. The minimum absolute atomic E-state index is 0.0889. The molecule has 0 radical (unpaired) electrons. The van der Waals surface area contributed by atoms with Crippen LogP contribution >= 0.6 is 7.82 Å². The van der Waals surface area contributed by atoms with E-state index in [4.69, 9.17) is 24.3 Å². The quantitative estimate of drug-likeness (QED) is 0.0279. The number of hydrogen-bond donors (Lipinski definition) is 2. The van der Waals surface area contributed by atoms with Crippen molar-refractivity contribution >= 4 is 13.8 Å². The van der Waals surface area contributed by atoms with Gasteiger partial charge in [-0.3, -0.25) is 13.8 Å². The molecule has 0 saturated heterocycles. The molecule has 0 saturated carbocycles. The van der Waals surface area contributed by atoms with Gasteiger partial charge in [0.25, 0.3) is 0 Å². The predicted octanol–water partition coefficient (Wildman–Crippen LogP) is 11.7. The van der Waals surface area contributed by atoms with Crippen LogP contribution in [0.4, 0.5) is 0 Å². The van der Waals surface area contributed by atoms with Gasteiger partial charge in [-0.1, -0.05) is 137 Å². The molecule has 0 aromatic rings. The number of carbonyl (C=O) groups excluding carboxylic acids is 1. The summed E-state index contributed by atoms with van der Waals surface area (Å²) in [7, 11) is -4.29. The molecule has 0 spiro atoms. The molecule has 0 heterocycles. The summed E-state index contributed by atoms with van der Waals surface area (Å²) in [5.74, 6) is -0.359. The van der Waals surface area contributed by atoms with Crippen molar-refractivity contribution in [3.63, 3.8) is 0 Å². The lowest BCUT2D eigenvalue weighted by molar-refractivity contribution is -0.154. The summed E-state index contributed by atoms with van der Waals surface area (Å²) in [6, 6.07) is 0. The molecule has 0 aliphatic carbocycles. The second-order valence-electron chi connectivity index (χ2n) is 12.7. The van der Waals surface area contributed by atoms with Gasteiger partial charge in [0.15, 0.2) is 0 Å². The maximum atomic E-state index is 12.5. The Morgan fingerprint density at radius 3 is 1.52 bits per heavy atom. The van der Waals surface area contributed by atoms with Crippen molar-refractivity contribution in [2.75, 3.05) is 33.0 Å². The van der Waals surface area contributed by atoms with E-state index in [0.29, 0.717) is 6.61 Å². The third-order valence-corrected chi connectivity index (χ3v) is 8.79. The summed E-state index contributed by atoms with van der Waals surface area (Å²) in [4.78, 5) is 22.4. The number of unbranched alkanes of at least 4 members (excludes halogenated alkanes) is 10. The summed E-state index contributed by atoms with van der Waals surface area (Å²) in [6.45, 7) is 4.59. The predicted molar refractivity (Wildman–Crippen MR) is 219 cm³/mol. The van der Waals surface area contributed by atoms with E-state index in [1.54, 1.807) is 0 Å². The standard InChI is InChI=1S/C43H74NO7P/c1-3-5-7-9-11-13-15-17-19-20-21-23-25-27-29-31-33-35-38-48-40-42(41-50-52(46,47)49-39-37-44)51-43(45)36-34-32-30-28-26-24-22-18-16-14-12-10-8-6-4-2/h5-8,11-14,17-19,21-23,42H,3-4,9-10,15-16,20,24-41,44H2,1-2H3,(H,46,47)/b7-5-,8-6-,13-11-,14-12-,19-17-,22-18-,23-21-. The van der Waals surface area contributed by atoms with Gasteiger partial charge in [-0.25, -0.2) is 4.57 Å². The van der Waals surface area contributed by atoms with E-state index in [1.807, 2.05) is 0 Å². The van der Waals surface area contributed by atoms with Crippen LogP contribution in [0.3, 0.4) is 0 Å². The first kappa shape index (κ1) is 49.7. The summed E-state index contributed by atoms with van der Waals surface area (Å²) in [5, 5.41) is 0. The number of allylic oxidation sites excluding steroid dienone is 14. The number of phosphoric acid groups is 1. The Kier molecular flexibility index (Phi) is 38.1. The smallest absolute Gasteiger partial charge is 0.457 e. The zero-order valence-electron chi connectivity index (χ0n) is 32.8. The molecule has 2 atom stereocenters. The number of esters is 1. The summed E-state index contributed by atoms with van der Waals surface area (Å²) >= 11 is 0. The second kappa shape index (κ2) is 39.9. The highest BCUT2D eigenvalue weighted by Gasteiger charge is 2.25. The van der Waals surface area contributed by atoms with E-state index in [-0.39, 0.29) is 38.8 Å². The monoisotopic (exact) mass is 748 g/mol. The third kappa shape index (κ3) is 38.9. The largest absolute Gasteiger partial charge is 0.472 e. The Labute approximate surface area is 318 Å². The molecule has 0 aromatic carbocycles. The average Bonchev–Trinajstić information content (AvgIpc) is 3.13.